The van der Waals surface area contributed by atoms with Crippen molar-refractivity contribution in [3.63, 3.8) is 0 Å². The van der Waals surface area contributed by atoms with Crippen LogP contribution in [0.2, 0.25) is 0 Å². The maximum atomic E-state index is 12.6. The Kier molecular flexibility index (Phi) is 4.37. The topological polar surface area (TPSA) is 69.9 Å². The number of aryl methyl sites for hydroxylation is 1. The quantitative estimate of drug-likeness (QED) is 0.506. The molecule has 0 aliphatic rings. The molecule has 4 aromatic rings. The van der Waals surface area contributed by atoms with E-state index in [0.717, 1.165) is 16.5 Å². The van der Waals surface area contributed by atoms with E-state index in [0.29, 0.717) is 22.0 Å². The van der Waals surface area contributed by atoms with Crippen molar-refractivity contribution in [3.05, 3.63) is 75.1 Å². The number of thiazole rings is 1. The number of rotatable bonds is 4. The lowest BCUT2D eigenvalue weighted by atomic mass is 10.1. The second-order valence-corrected chi connectivity index (χ2v) is 6.89. The first-order chi connectivity index (χ1) is 13.1. The zero-order valence-corrected chi connectivity index (χ0v) is 15.6. The van der Waals surface area contributed by atoms with Crippen molar-refractivity contribution in [2.45, 2.75) is 13.5 Å². The van der Waals surface area contributed by atoms with E-state index in [1.165, 1.54) is 28.9 Å². The van der Waals surface area contributed by atoms with Crippen LogP contribution in [-0.4, -0.2) is 22.5 Å². The highest BCUT2D eigenvalue weighted by Gasteiger charge is 2.16. The Balaban J connectivity index is 1.61. The van der Waals surface area contributed by atoms with Gasteiger partial charge in [0.2, 0.25) is 0 Å². The van der Waals surface area contributed by atoms with Gasteiger partial charge in [0.1, 0.15) is 17.9 Å². The highest BCUT2D eigenvalue weighted by Crippen LogP contribution is 2.26. The van der Waals surface area contributed by atoms with Gasteiger partial charge in [-0.3, -0.25) is 9.20 Å². The molecule has 0 N–H and O–H groups in total. The molecule has 0 radical (unpaired) electrons. The van der Waals surface area contributed by atoms with Gasteiger partial charge in [-0.25, -0.2) is 9.78 Å². The maximum absolute atomic E-state index is 12.6. The molecule has 4 rings (SSSR count). The van der Waals surface area contributed by atoms with Gasteiger partial charge in [0.15, 0.2) is 4.96 Å². The molecule has 0 aliphatic carbocycles. The highest BCUT2D eigenvalue weighted by molar-refractivity contribution is 7.15. The smallest absolute Gasteiger partial charge is 0.342 e. The van der Waals surface area contributed by atoms with Crippen LogP contribution in [0.3, 0.4) is 0 Å². The molecule has 2 aromatic heterocycles. The minimum atomic E-state index is -0.526. The van der Waals surface area contributed by atoms with Crippen LogP contribution in [-0.2, 0) is 11.3 Å². The van der Waals surface area contributed by atoms with Gasteiger partial charge in [-0.15, -0.1) is 11.3 Å². The zero-order chi connectivity index (χ0) is 19.0. The van der Waals surface area contributed by atoms with Gasteiger partial charge >= 0.3 is 5.97 Å². The number of fused-ring (bicyclic) bond motifs is 2. The Morgan fingerprint density at radius 3 is 2.67 bits per heavy atom. The van der Waals surface area contributed by atoms with Crippen LogP contribution < -0.4 is 10.3 Å². The van der Waals surface area contributed by atoms with Gasteiger partial charge in [0.05, 0.1) is 12.8 Å². The number of hydrogen-bond donors (Lipinski definition) is 0. The Hall–Kier alpha value is -3.19. The van der Waals surface area contributed by atoms with Crippen LogP contribution in [0.4, 0.5) is 0 Å². The van der Waals surface area contributed by atoms with Crippen LogP contribution in [0.25, 0.3) is 15.7 Å². The van der Waals surface area contributed by atoms with Crippen molar-refractivity contribution in [1.82, 2.24) is 9.38 Å². The standard InChI is InChI=1S/C20H16N2O4S/c1-12-11-27-20-21-15(9-18(23)22(12)20)10-26-19(24)16-7-13-5-3-4-6-14(13)8-17(16)25-2/h3-9,11H,10H2,1-2H3. The second-order valence-electron chi connectivity index (χ2n) is 6.06. The molecule has 2 aromatic carbocycles. The lowest BCUT2D eigenvalue weighted by molar-refractivity contribution is 0.0464. The number of hydrogen-bond acceptors (Lipinski definition) is 6. The molecule has 27 heavy (non-hydrogen) atoms. The number of ether oxygens (including phenoxy) is 2. The van der Waals surface area contributed by atoms with Crippen molar-refractivity contribution in [2.75, 3.05) is 7.11 Å². The number of esters is 1. The first kappa shape index (κ1) is 17.2. The summed E-state index contributed by atoms with van der Waals surface area (Å²) in [6.45, 7) is 1.76. The van der Waals surface area contributed by atoms with Crippen LogP contribution in [0.1, 0.15) is 21.7 Å². The molecule has 0 spiro atoms. The third-order valence-corrected chi connectivity index (χ3v) is 5.21. The fourth-order valence-corrected chi connectivity index (χ4v) is 3.83. The summed E-state index contributed by atoms with van der Waals surface area (Å²) in [4.78, 5) is 29.8. The molecule has 0 atom stereocenters. The van der Waals surface area contributed by atoms with Crippen molar-refractivity contribution in [3.8, 4) is 5.75 Å². The Labute approximate surface area is 158 Å². The zero-order valence-electron chi connectivity index (χ0n) is 14.8. The van der Waals surface area contributed by atoms with E-state index in [1.807, 2.05) is 36.6 Å². The molecule has 6 nitrogen and oxygen atoms in total. The van der Waals surface area contributed by atoms with Gasteiger partial charge in [0, 0.05) is 17.1 Å². The normalized spacial score (nSPS) is 11.0. The van der Waals surface area contributed by atoms with E-state index in [-0.39, 0.29) is 12.2 Å². The SMILES string of the molecule is COc1cc2ccccc2cc1C(=O)OCc1cc(=O)n2c(C)csc2n1. The highest BCUT2D eigenvalue weighted by atomic mass is 32.1. The summed E-state index contributed by atoms with van der Waals surface area (Å²) in [5.74, 6) is -0.0852. The Morgan fingerprint density at radius 1 is 1.19 bits per heavy atom. The predicted octanol–water partition coefficient (Wildman–Crippen LogP) is 3.58. The molecule has 0 fully saturated rings. The molecule has 0 unspecified atom stereocenters. The summed E-state index contributed by atoms with van der Waals surface area (Å²) in [6.07, 6.45) is 0. The van der Waals surface area contributed by atoms with Crippen molar-refractivity contribution < 1.29 is 14.3 Å². The van der Waals surface area contributed by atoms with Crippen molar-refractivity contribution in [2.24, 2.45) is 0 Å². The number of aromatic nitrogens is 2. The summed E-state index contributed by atoms with van der Waals surface area (Å²) in [5.41, 5.74) is 1.39. The van der Waals surface area contributed by atoms with Crippen LogP contribution in [0, 0.1) is 6.92 Å². The summed E-state index contributed by atoms with van der Waals surface area (Å²) in [7, 11) is 1.51. The molecule has 0 amide bonds. The third kappa shape index (κ3) is 3.17. The molecular formula is C20H16N2O4S. The number of methoxy groups -OCH3 is 1. The minimum absolute atomic E-state index is 0.0858. The summed E-state index contributed by atoms with van der Waals surface area (Å²) in [5, 5.41) is 3.75. The molecule has 7 heteroatoms. The molecule has 2 heterocycles. The molecule has 0 saturated carbocycles. The summed E-state index contributed by atoms with van der Waals surface area (Å²) in [6, 6.07) is 12.6. The Morgan fingerprint density at radius 2 is 1.93 bits per heavy atom. The third-order valence-electron chi connectivity index (χ3n) is 4.27. The van der Waals surface area contributed by atoms with Crippen LogP contribution in [0.5, 0.6) is 5.75 Å². The van der Waals surface area contributed by atoms with Gasteiger partial charge in [-0.2, -0.15) is 0 Å². The molecule has 0 aliphatic heterocycles. The summed E-state index contributed by atoms with van der Waals surface area (Å²) >= 11 is 1.37. The first-order valence-electron chi connectivity index (χ1n) is 8.27. The predicted molar refractivity (Wildman–Crippen MR) is 104 cm³/mol. The van der Waals surface area contributed by atoms with E-state index < -0.39 is 5.97 Å². The lowest BCUT2D eigenvalue weighted by Crippen LogP contribution is -2.16. The maximum Gasteiger partial charge on any atom is 0.342 e. The second kappa shape index (κ2) is 6.85. The van der Waals surface area contributed by atoms with E-state index >= 15 is 0 Å². The van der Waals surface area contributed by atoms with Crippen molar-refractivity contribution >= 4 is 33.0 Å². The van der Waals surface area contributed by atoms with Gasteiger partial charge < -0.3 is 9.47 Å². The number of benzene rings is 2. The lowest BCUT2D eigenvalue weighted by Gasteiger charge is -2.10. The molecule has 136 valence electrons. The van der Waals surface area contributed by atoms with Crippen LogP contribution in [0.15, 0.2) is 52.6 Å². The van der Waals surface area contributed by atoms with Gasteiger partial charge in [-0.05, 0) is 29.8 Å². The van der Waals surface area contributed by atoms with E-state index in [1.54, 1.807) is 12.1 Å². The number of carbonyl (C=O) groups excluding carboxylic acids is 1. The summed E-state index contributed by atoms with van der Waals surface area (Å²) < 4.78 is 12.3. The molecule has 0 bridgehead atoms. The fraction of sp³-hybridized carbons (Fsp3) is 0.150. The van der Waals surface area contributed by atoms with E-state index in [4.69, 9.17) is 9.47 Å². The molecular weight excluding hydrogens is 364 g/mol. The first-order valence-corrected chi connectivity index (χ1v) is 9.15. The average molecular weight is 380 g/mol. The van der Waals surface area contributed by atoms with E-state index in [2.05, 4.69) is 4.98 Å². The largest absolute Gasteiger partial charge is 0.496 e. The van der Waals surface area contributed by atoms with Gasteiger partial charge in [0.25, 0.3) is 5.56 Å². The van der Waals surface area contributed by atoms with Crippen LogP contribution >= 0.6 is 11.3 Å². The number of carbonyl (C=O) groups is 1. The fourth-order valence-electron chi connectivity index (χ4n) is 2.94. The minimum Gasteiger partial charge on any atom is -0.496 e. The average Bonchev–Trinajstić information content (AvgIpc) is 3.06. The Bertz CT molecular complexity index is 1230. The van der Waals surface area contributed by atoms with Gasteiger partial charge in [-0.1, -0.05) is 24.3 Å². The van der Waals surface area contributed by atoms with Crippen molar-refractivity contribution in [1.29, 1.82) is 0 Å². The molecule has 0 saturated heterocycles. The number of nitrogens with zero attached hydrogens (tertiary/aromatic N) is 2. The monoisotopic (exact) mass is 380 g/mol. The van der Waals surface area contributed by atoms with E-state index in [9.17, 15) is 9.59 Å².